The van der Waals surface area contributed by atoms with E-state index >= 15 is 0 Å². The molecule has 8 nitrogen and oxygen atoms in total. The van der Waals surface area contributed by atoms with Crippen LogP contribution < -0.4 is 10.5 Å². The summed E-state index contributed by atoms with van der Waals surface area (Å²) in [5.74, 6) is -0.223. The first-order valence-corrected chi connectivity index (χ1v) is 12.5. The van der Waals surface area contributed by atoms with Crippen LogP contribution in [0.2, 0.25) is 0 Å². The molecule has 0 aliphatic carbocycles. The predicted molar refractivity (Wildman–Crippen MR) is 141 cm³/mol. The van der Waals surface area contributed by atoms with E-state index in [1.165, 1.54) is 12.3 Å². The largest absolute Gasteiger partial charge is 0.353 e. The fourth-order valence-corrected chi connectivity index (χ4v) is 4.99. The second kappa shape index (κ2) is 10.1. The van der Waals surface area contributed by atoms with Gasteiger partial charge in [-0.3, -0.25) is 9.59 Å². The van der Waals surface area contributed by atoms with Crippen molar-refractivity contribution in [2.24, 2.45) is 0 Å². The fourth-order valence-electron chi connectivity index (χ4n) is 4.63. The van der Waals surface area contributed by atoms with Crippen LogP contribution in [0.3, 0.4) is 0 Å². The van der Waals surface area contributed by atoms with Gasteiger partial charge < -0.3 is 9.80 Å². The van der Waals surface area contributed by atoms with Gasteiger partial charge in [0.15, 0.2) is 0 Å². The van der Waals surface area contributed by atoms with Crippen molar-refractivity contribution in [1.82, 2.24) is 20.1 Å². The van der Waals surface area contributed by atoms with E-state index in [9.17, 15) is 14.0 Å². The van der Waals surface area contributed by atoms with Crippen molar-refractivity contribution in [3.63, 3.8) is 0 Å². The van der Waals surface area contributed by atoms with Gasteiger partial charge >= 0.3 is 0 Å². The highest BCUT2D eigenvalue weighted by Crippen LogP contribution is 2.24. The van der Waals surface area contributed by atoms with Crippen molar-refractivity contribution in [3.05, 3.63) is 97.8 Å². The molecule has 0 radical (unpaired) electrons. The average molecular weight is 561 g/mol. The van der Waals surface area contributed by atoms with Gasteiger partial charge in [0.05, 0.1) is 22.2 Å². The Hall–Kier alpha value is -4.10. The number of fused-ring (bicyclic) bond motifs is 1. The van der Waals surface area contributed by atoms with Crippen molar-refractivity contribution in [3.8, 4) is 6.07 Å². The van der Waals surface area contributed by atoms with Crippen LogP contribution in [0, 0.1) is 17.1 Å². The van der Waals surface area contributed by atoms with Crippen molar-refractivity contribution in [1.29, 1.82) is 5.26 Å². The third kappa shape index (κ3) is 4.95. The molecule has 37 heavy (non-hydrogen) atoms. The minimum atomic E-state index is -0.584. The molecule has 1 N–H and O–H groups in total. The molecule has 0 spiro atoms. The standard InChI is InChI=1S/C27H22BrFN6O2/c1-16-15-34(25-7-3-18(13-30)14-31-25)8-9-35(16)27(37)22-10-17(2-6-23(22)29)11-24-21-12-19(28)4-5-20(21)26(36)33-32-24/h2-7,10,12,14,16H,8-9,11,15H2,1H3,(H,33,36). The predicted octanol–water partition coefficient (Wildman–Crippen LogP) is 4.03. The van der Waals surface area contributed by atoms with Crippen molar-refractivity contribution in [2.75, 3.05) is 24.5 Å². The third-order valence-electron chi connectivity index (χ3n) is 6.55. The average Bonchev–Trinajstić information content (AvgIpc) is 2.91. The molecule has 4 aromatic rings. The van der Waals surface area contributed by atoms with E-state index in [0.29, 0.717) is 53.6 Å². The molecule has 0 saturated carbocycles. The molecule has 0 bridgehead atoms. The second-order valence-electron chi connectivity index (χ2n) is 8.99. The lowest BCUT2D eigenvalue weighted by Crippen LogP contribution is -2.54. The normalized spacial score (nSPS) is 15.6. The lowest BCUT2D eigenvalue weighted by atomic mass is 10.0. The van der Waals surface area contributed by atoms with Crippen LogP contribution in [0.25, 0.3) is 10.8 Å². The number of halogens is 2. The number of carbonyl (C=O) groups is 1. The van der Waals surface area contributed by atoms with Crippen LogP contribution >= 0.6 is 15.9 Å². The van der Waals surface area contributed by atoms with Gasteiger partial charge in [-0.15, -0.1) is 0 Å². The second-order valence-corrected chi connectivity index (χ2v) is 9.91. The van der Waals surface area contributed by atoms with Crippen LogP contribution in [0.4, 0.5) is 10.2 Å². The summed E-state index contributed by atoms with van der Waals surface area (Å²) in [5, 5.41) is 16.9. The zero-order chi connectivity index (χ0) is 26.1. The number of nitriles is 1. The van der Waals surface area contributed by atoms with E-state index in [-0.39, 0.29) is 23.1 Å². The first-order valence-electron chi connectivity index (χ1n) is 11.7. The maximum atomic E-state index is 14.8. The van der Waals surface area contributed by atoms with Gasteiger partial charge in [-0.05, 0) is 55.0 Å². The van der Waals surface area contributed by atoms with Gasteiger partial charge in [0.25, 0.3) is 11.5 Å². The molecule has 1 atom stereocenters. The molecule has 1 amide bonds. The van der Waals surface area contributed by atoms with Crippen LogP contribution in [0.1, 0.15) is 34.1 Å². The van der Waals surface area contributed by atoms with Gasteiger partial charge in [-0.1, -0.05) is 22.0 Å². The number of rotatable bonds is 4. The molecule has 10 heteroatoms. The molecule has 1 fully saturated rings. The number of aromatic nitrogens is 3. The monoisotopic (exact) mass is 560 g/mol. The van der Waals surface area contributed by atoms with Crippen LogP contribution in [-0.4, -0.2) is 51.7 Å². The number of anilines is 1. The molecule has 1 unspecified atom stereocenters. The number of nitrogens with zero attached hydrogens (tertiary/aromatic N) is 5. The highest BCUT2D eigenvalue weighted by Gasteiger charge is 2.30. The molecule has 5 rings (SSSR count). The molecule has 2 aromatic heterocycles. The number of hydrogen-bond donors (Lipinski definition) is 1. The number of H-pyrrole nitrogens is 1. The van der Waals surface area contributed by atoms with Crippen molar-refractivity contribution < 1.29 is 9.18 Å². The van der Waals surface area contributed by atoms with Gasteiger partial charge in [0, 0.05) is 48.2 Å². The Morgan fingerprint density at radius 2 is 2.03 bits per heavy atom. The Morgan fingerprint density at radius 3 is 2.76 bits per heavy atom. The summed E-state index contributed by atoms with van der Waals surface area (Å²) in [5.41, 5.74) is 1.53. The third-order valence-corrected chi connectivity index (χ3v) is 7.04. The summed E-state index contributed by atoms with van der Waals surface area (Å²) >= 11 is 3.43. The number of nitrogens with one attached hydrogen (secondary N) is 1. The van der Waals surface area contributed by atoms with Gasteiger partial charge in [-0.25, -0.2) is 14.5 Å². The minimum absolute atomic E-state index is 0.00390. The van der Waals surface area contributed by atoms with E-state index < -0.39 is 5.82 Å². The molecule has 3 heterocycles. The quantitative estimate of drug-likeness (QED) is 0.404. The Morgan fingerprint density at radius 1 is 1.19 bits per heavy atom. The molecule has 1 saturated heterocycles. The highest BCUT2D eigenvalue weighted by atomic mass is 79.9. The van der Waals surface area contributed by atoms with Crippen LogP contribution in [0.5, 0.6) is 0 Å². The number of pyridine rings is 1. The van der Waals surface area contributed by atoms with Crippen molar-refractivity contribution >= 4 is 38.4 Å². The summed E-state index contributed by atoms with van der Waals surface area (Å²) in [7, 11) is 0. The zero-order valence-corrected chi connectivity index (χ0v) is 21.5. The molecule has 1 aliphatic rings. The van der Waals surface area contributed by atoms with Crippen LogP contribution in [0.15, 0.2) is 64.0 Å². The number of hydrogen-bond acceptors (Lipinski definition) is 6. The van der Waals surface area contributed by atoms with Gasteiger partial charge in [-0.2, -0.15) is 10.4 Å². The zero-order valence-electron chi connectivity index (χ0n) is 19.9. The van der Waals surface area contributed by atoms with E-state index in [4.69, 9.17) is 5.26 Å². The molecule has 2 aromatic carbocycles. The first-order chi connectivity index (χ1) is 17.8. The smallest absolute Gasteiger partial charge is 0.272 e. The number of amides is 1. The van der Waals surface area contributed by atoms with E-state index in [2.05, 4.69) is 37.2 Å². The van der Waals surface area contributed by atoms with E-state index in [0.717, 1.165) is 10.3 Å². The SMILES string of the molecule is CC1CN(c2ccc(C#N)cn2)CCN1C(=O)c1cc(Cc2n[nH]c(=O)c3ccc(Br)cc23)ccc1F. The first kappa shape index (κ1) is 24.6. The summed E-state index contributed by atoms with van der Waals surface area (Å²) in [6.45, 7) is 3.40. The van der Waals surface area contributed by atoms with Gasteiger partial charge in [0.1, 0.15) is 17.7 Å². The molecule has 186 valence electrons. The number of piperazine rings is 1. The number of aromatic amines is 1. The maximum Gasteiger partial charge on any atom is 0.272 e. The molecular formula is C27H22BrFN6O2. The fraction of sp³-hybridized carbons (Fsp3) is 0.222. The van der Waals surface area contributed by atoms with E-state index in [1.807, 2.05) is 17.9 Å². The number of benzene rings is 2. The lowest BCUT2D eigenvalue weighted by molar-refractivity contribution is 0.0669. The van der Waals surface area contributed by atoms with Crippen molar-refractivity contribution in [2.45, 2.75) is 19.4 Å². The Bertz CT molecular complexity index is 1600. The minimum Gasteiger partial charge on any atom is -0.353 e. The molecular weight excluding hydrogens is 539 g/mol. The molecule has 1 aliphatic heterocycles. The van der Waals surface area contributed by atoms with E-state index in [1.54, 1.807) is 41.3 Å². The summed E-state index contributed by atoms with van der Waals surface area (Å²) in [4.78, 5) is 33.7. The Balaban J connectivity index is 1.36. The Labute approximate surface area is 220 Å². The Kier molecular flexibility index (Phi) is 6.72. The summed E-state index contributed by atoms with van der Waals surface area (Å²) in [6, 6.07) is 15.2. The highest BCUT2D eigenvalue weighted by molar-refractivity contribution is 9.10. The summed E-state index contributed by atoms with van der Waals surface area (Å²) in [6.07, 6.45) is 1.84. The van der Waals surface area contributed by atoms with Crippen LogP contribution in [-0.2, 0) is 6.42 Å². The number of carbonyl (C=O) groups excluding carboxylic acids is 1. The lowest BCUT2D eigenvalue weighted by Gasteiger charge is -2.40. The van der Waals surface area contributed by atoms with Gasteiger partial charge in [0.2, 0.25) is 0 Å². The maximum absolute atomic E-state index is 14.8. The topological polar surface area (TPSA) is 106 Å². The summed E-state index contributed by atoms with van der Waals surface area (Å²) < 4.78 is 15.7.